The topological polar surface area (TPSA) is 18.5 Å². The first-order valence-electron chi connectivity index (χ1n) is 7.61. The minimum atomic E-state index is 0.668. The monoisotopic (exact) mass is 306 g/mol. The SMILES string of the molecule is CCOc1ccc(OCCCCCCl)c2cc(C)ccc12. The van der Waals surface area contributed by atoms with Crippen LogP contribution in [-0.2, 0) is 0 Å². The Kier molecular flexibility index (Phi) is 6.19. The molecule has 0 unspecified atom stereocenters. The van der Waals surface area contributed by atoms with E-state index in [0.29, 0.717) is 6.61 Å². The van der Waals surface area contributed by atoms with E-state index in [4.69, 9.17) is 21.1 Å². The summed E-state index contributed by atoms with van der Waals surface area (Å²) in [5.74, 6) is 2.58. The number of hydrogen-bond acceptors (Lipinski definition) is 2. The Hall–Kier alpha value is -1.41. The van der Waals surface area contributed by atoms with Gasteiger partial charge in [0.15, 0.2) is 0 Å². The van der Waals surface area contributed by atoms with E-state index in [1.54, 1.807) is 0 Å². The van der Waals surface area contributed by atoms with Crippen LogP contribution in [0.2, 0.25) is 0 Å². The fraction of sp³-hybridized carbons (Fsp3) is 0.444. The maximum atomic E-state index is 5.96. The van der Waals surface area contributed by atoms with Crippen LogP contribution in [0.25, 0.3) is 10.8 Å². The van der Waals surface area contributed by atoms with Crippen LogP contribution in [-0.4, -0.2) is 19.1 Å². The van der Waals surface area contributed by atoms with Crippen molar-refractivity contribution in [2.24, 2.45) is 0 Å². The van der Waals surface area contributed by atoms with Gasteiger partial charge in [-0.15, -0.1) is 11.6 Å². The number of unbranched alkanes of at least 4 members (excludes halogenated alkanes) is 2. The summed E-state index contributed by atoms with van der Waals surface area (Å²) in [6.07, 6.45) is 3.19. The minimum Gasteiger partial charge on any atom is -0.493 e. The normalized spacial score (nSPS) is 10.8. The van der Waals surface area contributed by atoms with E-state index >= 15 is 0 Å². The first-order valence-corrected chi connectivity index (χ1v) is 8.14. The second kappa shape index (κ2) is 8.14. The molecule has 3 heteroatoms. The summed E-state index contributed by atoms with van der Waals surface area (Å²) in [7, 11) is 0. The van der Waals surface area contributed by atoms with Crippen molar-refractivity contribution in [3.63, 3.8) is 0 Å². The summed E-state index contributed by atoms with van der Waals surface area (Å²) in [5.41, 5.74) is 1.23. The number of benzene rings is 2. The number of fused-ring (bicyclic) bond motifs is 1. The van der Waals surface area contributed by atoms with Crippen LogP contribution >= 0.6 is 11.6 Å². The molecule has 21 heavy (non-hydrogen) atoms. The van der Waals surface area contributed by atoms with E-state index in [1.807, 2.05) is 19.1 Å². The number of rotatable bonds is 8. The molecule has 0 aromatic heterocycles. The lowest BCUT2D eigenvalue weighted by Gasteiger charge is -2.13. The van der Waals surface area contributed by atoms with Crippen molar-refractivity contribution < 1.29 is 9.47 Å². The molecule has 0 saturated heterocycles. The van der Waals surface area contributed by atoms with E-state index in [2.05, 4.69) is 25.1 Å². The summed E-state index contributed by atoms with van der Waals surface area (Å²) in [5, 5.41) is 2.24. The largest absolute Gasteiger partial charge is 0.493 e. The predicted molar refractivity (Wildman–Crippen MR) is 89.9 cm³/mol. The van der Waals surface area contributed by atoms with E-state index in [0.717, 1.165) is 54.0 Å². The molecule has 0 N–H and O–H groups in total. The molecule has 0 fully saturated rings. The van der Waals surface area contributed by atoms with Crippen molar-refractivity contribution in [1.82, 2.24) is 0 Å². The summed E-state index contributed by atoms with van der Waals surface area (Å²) < 4.78 is 11.7. The first kappa shape index (κ1) is 16.0. The summed E-state index contributed by atoms with van der Waals surface area (Å²) >= 11 is 5.69. The van der Waals surface area contributed by atoms with Crippen LogP contribution in [0.1, 0.15) is 31.7 Å². The molecule has 0 heterocycles. The van der Waals surface area contributed by atoms with E-state index in [1.165, 1.54) is 5.56 Å². The predicted octanol–water partition coefficient (Wildman–Crippen LogP) is 5.33. The number of ether oxygens (including phenoxy) is 2. The van der Waals surface area contributed by atoms with Crippen LogP contribution in [0.15, 0.2) is 30.3 Å². The quantitative estimate of drug-likeness (QED) is 0.484. The molecule has 0 aliphatic carbocycles. The number of aryl methyl sites for hydroxylation is 1. The average Bonchev–Trinajstić information content (AvgIpc) is 2.49. The molecule has 2 nitrogen and oxygen atoms in total. The molecule has 114 valence electrons. The Labute approximate surface area is 132 Å². The summed E-state index contributed by atoms with van der Waals surface area (Å²) in [4.78, 5) is 0. The lowest BCUT2D eigenvalue weighted by Crippen LogP contribution is -1.99. The molecule has 0 atom stereocenters. The minimum absolute atomic E-state index is 0.668. The van der Waals surface area contributed by atoms with Gasteiger partial charge in [-0.2, -0.15) is 0 Å². The van der Waals surface area contributed by atoms with Gasteiger partial charge in [-0.3, -0.25) is 0 Å². The Morgan fingerprint density at radius 1 is 0.905 bits per heavy atom. The Balaban J connectivity index is 2.19. The van der Waals surface area contributed by atoms with Gasteiger partial charge in [-0.1, -0.05) is 17.7 Å². The third-order valence-corrected chi connectivity index (χ3v) is 3.69. The zero-order chi connectivity index (χ0) is 15.1. The highest BCUT2D eigenvalue weighted by molar-refractivity contribution is 6.17. The van der Waals surface area contributed by atoms with Gasteiger partial charge in [0, 0.05) is 16.7 Å². The fourth-order valence-corrected chi connectivity index (χ4v) is 2.56. The van der Waals surface area contributed by atoms with Crippen molar-refractivity contribution >= 4 is 22.4 Å². The maximum absolute atomic E-state index is 5.96. The van der Waals surface area contributed by atoms with Crippen molar-refractivity contribution in [1.29, 1.82) is 0 Å². The van der Waals surface area contributed by atoms with Crippen molar-refractivity contribution in [3.8, 4) is 11.5 Å². The van der Waals surface area contributed by atoms with Crippen LogP contribution in [0.3, 0.4) is 0 Å². The number of alkyl halides is 1. The molecule has 0 aliphatic rings. The molecule has 0 spiro atoms. The first-order chi connectivity index (χ1) is 10.3. The van der Waals surface area contributed by atoms with Gasteiger partial charge in [0.05, 0.1) is 13.2 Å². The lowest BCUT2D eigenvalue weighted by atomic mass is 10.1. The number of hydrogen-bond donors (Lipinski definition) is 0. The van der Waals surface area contributed by atoms with Crippen molar-refractivity contribution in [3.05, 3.63) is 35.9 Å². The Morgan fingerprint density at radius 3 is 2.38 bits per heavy atom. The van der Waals surface area contributed by atoms with Crippen molar-refractivity contribution in [2.75, 3.05) is 19.1 Å². The smallest absolute Gasteiger partial charge is 0.127 e. The third kappa shape index (κ3) is 4.28. The molecule has 0 saturated carbocycles. The maximum Gasteiger partial charge on any atom is 0.127 e. The van der Waals surface area contributed by atoms with Gasteiger partial charge in [0.2, 0.25) is 0 Å². The summed E-state index contributed by atoms with van der Waals surface area (Å²) in [6, 6.07) is 10.4. The highest BCUT2D eigenvalue weighted by Gasteiger charge is 2.08. The highest BCUT2D eigenvalue weighted by atomic mass is 35.5. The Morgan fingerprint density at radius 2 is 1.67 bits per heavy atom. The Bertz CT molecular complexity index is 581. The highest BCUT2D eigenvalue weighted by Crippen LogP contribution is 2.34. The number of halogens is 1. The molecule has 2 rings (SSSR count). The standard InChI is InChI=1S/C18H23ClO2/c1-3-20-17-9-10-18(21-12-6-4-5-11-19)16-13-14(2)7-8-15(16)17/h7-10,13H,3-6,11-12H2,1-2H3. The van der Waals surface area contributed by atoms with Gasteiger partial charge in [0.1, 0.15) is 11.5 Å². The molecule has 0 amide bonds. The van der Waals surface area contributed by atoms with Gasteiger partial charge in [-0.05, 0) is 51.3 Å². The van der Waals surface area contributed by atoms with E-state index < -0.39 is 0 Å². The van der Waals surface area contributed by atoms with Crippen LogP contribution in [0, 0.1) is 6.92 Å². The zero-order valence-electron chi connectivity index (χ0n) is 12.8. The lowest BCUT2D eigenvalue weighted by molar-refractivity contribution is 0.308. The zero-order valence-corrected chi connectivity index (χ0v) is 13.6. The summed E-state index contributed by atoms with van der Waals surface area (Å²) in [6.45, 7) is 5.49. The van der Waals surface area contributed by atoms with E-state index in [-0.39, 0.29) is 0 Å². The van der Waals surface area contributed by atoms with Crippen LogP contribution < -0.4 is 9.47 Å². The van der Waals surface area contributed by atoms with Crippen LogP contribution in [0.5, 0.6) is 11.5 Å². The van der Waals surface area contributed by atoms with Gasteiger partial charge >= 0.3 is 0 Å². The average molecular weight is 307 g/mol. The van der Waals surface area contributed by atoms with Gasteiger partial charge in [0.25, 0.3) is 0 Å². The van der Waals surface area contributed by atoms with Gasteiger partial charge < -0.3 is 9.47 Å². The van der Waals surface area contributed by atoms with Gasteiger partial charge in [-0.25, -0.2) is 0 Å². The molecule has 2 aromatic rings. The third-order valence-electron chi connectivity index (χ3n) is 3.43. The molecular weight excluding hydrogens is 284 g/mol. The van der Waals surface area contributed by atoms with Crippen molar-refractivity contribution in [2.45, 2.75) is 33.1 Å². The fourth-order valence-electron chi connectivity index (χ4n) is 2.37. The molecular formula is C18H23ClO2. The van der Waals surface area contributed by atoms with Crippen LogP contribution in [0.4, 0.5) is 0 Å². The molecule has 0 bridgehead atoms. The van der Waals surface area contributed by atoms with E-state index in [9.17, 15) is 0 Å². The molecule has 0 radical (unpaired) electrons. The molecule has 2 aromatic carbocycles. The second-order valence-electron chi connectivity index (χ2n) is 5.14. The molecule has 0 aliphatic heterocycles. The second-order valence-corrected chi connectivity index (χ2v) is 5.52.